The van der Waals surface area contributed by atoms with Crippen LogP contribution in [0.2, 0.25) is 0 Å². The summed E-state index contributed by atoms with van der Waals surface area (Å²) in [5.41, 5.74) is 6.75. The fourth-order valence-corrected chi connectivity index (χ4v) is 4.61. The summed E-state index contributed by atoms with van der Waals surface area (Å²) < 4.78 is 14.7. The summed E-state index contributed by atoms with van der Waals surface area (Å²) in [4.78, 5) is 19.8. The van der Waals surface area contributed by atoms with Crippen molar-refractivity contribution in [1.82, 2.24) is 24.2 Å². The van der Waals surface area contributed by atoms with Crippen molar-refractivity contribution in [3.05, 3.63) is 46.9 Å². The summed E-state index contributed by atoms with van der Waals surface area (Å²) in [7, 11) is 1.70. The maximum Gasteiger partial charge on any atom is 0.255 e. The number of methoxy groups -OCH3 is 1. The number of fused-ring (bicyclic) bond motifs is 1. The lowest BCUT2D eigenvalue weighted by Gasteiger charge is -2.28. The zero-order valence-electron chi connectivity index (χ0n) is 18.4. The van der Waals surface area contributed by atoms with Gasteiger partial charge in [-0.1, -0.05) is 0 Å². The number of carbonyl (C=O) groups is 1. The summed E-state index contributed by atoms with van der Waals surface area (Å²) in [5.74, 6) is 0.801. The Morgan fingerprint density at radius 3 is 2.87 bits per heavy atom. The monoisotopic (exact) mass is 423 g/mol. The van der Waals surface area contributed by atoms with Gasteiger partial charge in [-0.2, -0.15) is 5.10 Å². The van der Waals surface area contributed by atoms with Crippen molar-refractivity contribution in [2.75, 3.05) is 20.3 Å². The van der Waals surface area contributed by atoms with Gasteiger partial charge in [-0.05, 0) is 38.7 Å². The maximum absolute atomic E-state index is 13.5. The third-order valence-electron chi connectivity index (χ3n) is 6.55. The molecule has 0 saturated heterocycles. The lowest BCUT2D eigenvalue weighted by atomic mass is 10.0. The second kappa shape index (κ2) is 8.00. The number of hydrogen-bond donors (Lipinski definition) is 0. The van der Waals surface area contributed by atoms with Crippen molar-refractivity contribution in [2.45, 2.75) is 52.7 Å². The molecule has 1 aliphatic carbocycles. The minimum atomic E-state index is 0.0727. The number of hydrogen-bond acceptors (Lipinski definition) is 5. The molecular formula is C23H29N5O3. The topological polar surface area (TPSA) is 78.3 Å². The highest BCUT2D eigenvalue weighted by Gasteiger charge is 2.32. The van der Waals surface area contributed by atoms with E-state index < -0.39 is 0 Å². The standard InChI is InChI=1S/C23H29N5O3/c1-15-10-18(16(2)27(15)8-9-30-3)23(29)26-7-6-21-19(12-26)22(20-13-31-14-24-20)25-28(21)11-17-4-5-17/h10,13-14,17H,4-9,11-12H2,1-3H3. The van der Waals surface area contributed by atoms with Crippen LogP contribution in [0.25, 0.3) is 11.4 Å². The van der Waals surface area contributed by atoms with Crippen LogP contribution in [-0.2, 0) is 30.8 Å². The molecule has 8 heteroatoms. The summed E-state index contributed by atoms with van der Waals surface area (Å²) in [6.07, 6.45) is 6.42. The molecule has 0 N–H and O–H groups in total. The number of aryl methyl sites for hydroxylation is 1. The quantitative estimate of drug-likeness (QED) is 0.583. The first-order chi connectivity index (χ1) is 15.1. The van der Waals surface area contributed by atoms with Gasteiger partial charge in [-0.15, -0.1) is 0 Å². The SMILES string of the molecule is COCCn1c(C)cc(C(=O)N2CCc3c(c(-c4cocn4)nn3CC3CC3)C2)c1C. The van der Waals surface area contributed by atoms with Crippen LogP contribution in [0.3, 0.4) is 0 Å². The van der Waals surface area contributed by atoms with Crippen molar-refractivity contribution in [1.29, 1.82) is 0 Å². The Labute approximate surface area is 181 Å². The predicted octanol–water partition coefficient (Wildman–Crippen LogP) is 3.21. The summed E-state index contributed by atoms with van der Waals surface area (Å²) in [5, 5.41) is 4.89. The number of amides is 1. The van der Waals surface area contributed by atoms with E-state index >= 15 is 0 Å². The molecule has 0 spiro atoms. The van der Waals surface area contributed by atoms with Gasteiger partial charge in [0.25, 0.3) is 5.91 Å². The van der Waals surface area contributed by atoms with E-state index in [0.717, 1.165) is 59.3 Å². The Kier molecular flexibility index (Phi) is 5.17. The second-order valence-corrected chi connectivity index (χ2v) is 8.68. The number of nitrogens with zero attached hydrogens (tertiary/aromatic N) is 5. The minimum absolute atomic E-state index is 0.0727. The van der Waals surface area contributed by atoms with Gasteiger partial charge < -0.3 is 18.6 Å². The van der Waals surface area contributed by atoms with Gasteiger partial charge in [0.1, 0.15) is 17.7 Å². The summed E-state index contributed by atoms with van der Waals surface area (Å²) in [6, 6.07) is 2.00. The van der Waals surface area contributed by atoms with Crippen LogP contribution < -0.4 is 0 Å². The van der Waals surface area contributed by atoms with E-state index in [-0.39, 0.29) is 5.91 Å². The molecule has 1 aliphatic heterocycles. The van der Waals surface area contributed by atoms with Gasteiger partial charge in [0.05, 0.1) is 18.7 Å². The third-order valence-corrected chi connectivity index (χ3v) is 6.55. The highest BCUT2D eigenvalue weighted by atomic mass is 16.5. The van der Waals surface area contributed by atoms with E-state index in [1.807, 2.05) is 24.8 Å². The van der Waals surface area contributed by atoms with Crippen molar-refractivity contribution >= 4 is 5.91 Å². The van der Waals surface area contributed by atoms with Crippen LogP contribution >= 0.6 is 0 Å². The van der Waals surface area contributed by atoms with Crippen LogP contribution in [0.1, 0.15) is 45.8 Å². The Bertz CT molecular complexity index is 1090. The van der Waals surface area contributed by atoms with Crippen molar-refractivity contribution in [3.8, 4) is 11.4 Å². The van der Waals surface area contributed by atoms with E-state index in [0.29, 0.717) is 19.7 Å². The Balaban J connectivity index is 1.44. The molecule has 1 saturated carbocycles. The maximum atomic E-state index is 13.5. The van der Waals surface area contributed by atoms with Gasteiger partial charge in [-0.3, -0.25) is 9.48 Å². The van der Waals surface area contributed by atoms with Crippen LogP contribution in [-0.4, -0.2) is 50.4 Å². The molecule has 0 atom stereocenters. The molecule has 1 fully saturated rings. The first-order valence-electron chi connectivity index (χ1n) is 11.0. The van der Waals surface area contributed by atoms with E-state index in [4.69, 9.17) is 14.3 Å². The minimum Gasteiger partial charge on any atom is -0.451 e. The largest absolute Gasteiger partial charge is 0.451 e. The van der Waals surface area contributed by atoms with E-state index in [9.17, 15) is 4.79 Å². The lowest BCUT2D eigenvalue weighted by molar-refractivity contribution is 0.0732. The van der Waals surface area contributed by atoms with Crippen LogP contribution in [0, 0.1) is 19.8 Å². The smallest absolute Gasteiger partial charge is 0.255 e. The summed E-state index contributed by atoms with van der Waals surface area (Å²) in [6.45, 7) is 7.62. The fraction of sp³-hybridized carbons (Fsp3) is 0.522. The second-order valence-electron chi connectivity index (χ2n) is 8.68. The zero-order valence-corrected chi connectivity index (χ0v) is 18.4. The molecule has 164 valence electrons. The van der Waals surface area contributed by atoms with Gasteiger partial charge in [0.2, 0.25) is 0 Å². The number of oxazole rings is 1. The lowest BCUT2D eigenvalue weighted by Crippen LogP contribution is -2.36. The molecule has 3 aromatic rings. The third kappa shape index (κ3) is 3.69. The summed E-state index contributed by atoms with van der Waals surface area (Å²) >= 11 is 0. The van der Waals surface area contributed by atoms with Crippen LogP contribution in [0.15, 0.2) is 23.1 Å². The molecule has 0 aromatic carbocycles. The molecular weight excluding hydrogens is 394 g/mol. The first kappa shape index (κ1) is 20.1. The molecule has 8 nitrogen and oxygen atoms in total. The molecule has 31 heavy (non-hydrogen) atoms. The van der Waals surface area contributed by atoms with Gasteiger partial charge in [0.15, 0.2) is 6.39 Å². The average molecular weight is 424 g/mol. The highest BCUT2D eigenvalue weighted by Crippen LogP contribution is 2.35. The Morgan fingerprint density at radius 1 is 1.32 bits per heavy atom. The van der Waals surface area contributed by atoms with Gasteiger partial charge in [-0.25, -0.2) is 4.98 Å². The number of aromatic nitrogens is 4. The zero-order chi connectivity index (χ0) is 21.5. The molecule has 5 rings (SSSR count). The Hall–Kier alpha value is -2.87. The van der Waals surface area contributed by atoms with Crippen molar-refractivity contribution < 1.29 is 13.9 Å². The van der Waals surface area contributed by atoms with Gasteiger partial charge >= 0.3 is 0 Å². The molecule has 0 radical (unpaired) electrons. The predicted molar refractivity (Wildman–Crippen MR) is 115 cm³/mol. The van der Waals surface area contributed by atoms with Crippen LogP contribution in [0.4, 0.5) is 0 Å². The van der Waals surface area contributed by atoms with Crippen molar-refractivity contribution in [2.24, 2.45) is 5.92 Å². The van der Waals surface area contributed by atoms with E-state index in [1.54, 1.807) is 13.4 Å². The van der Waals surface area contributed by atoms with Crippen LogP contribution in [0.5, 0.6) is 0 Å². The van der Waals surface area contributed by atoms with Crippen molar-refractivity contribution in [3.63, 3.8) is 0 Å². The number of rotatable bonds is 7. The fourth-order valence-electron chi connectivity index (χ4n) is 4.61. The average Bonchev–Trinajstić information content (AvgIpc) is 3.17. The highest BCUT2D eigenvalue weighted by molar-refractivity contribution is 5.96. The number of ether oxygens (including phenoxy) is 1. The van der Waals surface area contributed by atoms with E-state index in [2.05, 4.69) is 14.2 Å². The molecule has 2 aliphatic rings. The Morgan fingerprint density at radius 2 is 2.16 bits per heavy atom. The molecule has 0 bridgehead atoms. The van der Waals surface area contributed by atoms with E-state index in [1.165, 1.54) is 24.9 Å². The number of carbonyl (C=O) groups excluding carboxylic acids is 1. The molecule has 3 aromatic heterocycles. The molecule has 0 unspecified atom stereocenters. The van der Waals surface area contributed by atoms with Gasteiger partial charge in [0, 0.05) is 55.8 Å². The first-order valence-corrected chi connectivity index (χ1v) is 11.0. The molecule has 4 heterocycles. The molecule has 1 amide bonds. The normalized spacial score (nSPS) is 16.0.